The van der Waals surface area contributed by atoms with Crippen LogP contribution in [0.15, 0.2) is 36.4 Å². The van der Waals surface area contributed by atoms with Crippen LogP contribution in [0.25, 0.3) is 0 Å². The van der Waals surface area contributed by atoms with Crippen molar-refractivity contribution in [2.24, 2.45) is 0 Å². The minimum atomic E-state index is -5.20. The lowest BCUT2D eigenvalue weighted by Crippen LogP contribution is -2.49. The molecule has 2 rings (SSSR count). The molecule has 0 aromatic heterocycles. The number of carbonyl (C=O) groups excluding carboxylic acids is 3. The van der Waals surface area contributed by atoms with E-state index in [1.54, 1.807) is 20.8 Å². The third-order valence-corrected chi connectivity index (χ3v) is 5.44. The zero-order valence-electron chi connectivity index (χ0n) is 18.1. The van der Waals surface area contributed by atoms with E-state index < -0.39 is 57.6 Å². The molecule has 0 amide bonds. The molecular weight excluding hydrogens is 487 g/mol. The average Bonchev–Trinajstić information content (AvgIpc) is 2.65. The summed E-state index contributed by atoms with van der Waals surface area (Å²) in [4.78, 5) is 37.4. The molecule has 0 aliphatic rings. The second-order valence-corrected chi connectivity index (χ2v) is 9.20. The second-order valence-electron chi connectivity index (χ2n) is 8.38. The molecule has 4 nitrogen and oxygen atoms in total. The van der Waals surface area contributed by atoms with Crippen molar-refractivity contribution in [1.82, 2.24) is 0 Å². The van der Waals surface area contributed by atoms with Gasteiger partial charge in [-0.3, -0.25) is 9.59 Å². The number of alkyl halides is 3. The Morgan fingerprint density at radius 2 is 1.55 bits per heavy atom. The van der Waals surface area contributed by atoms with E-state index in [0.29, 0.717) is 19.1 Å². The summed E-state index contributed by atoms with van der Waals surface area (Å²) < 4.78 is 61.4. The van der Waals surface area contributed by atoms with E-state index in [-0.39, 0.29) is 16.1 Å². The molecule has 178 valence electrons. The van der Waals surface area contributed by atoms with Gasteiger partial charge in [0, 0.05) is 12.0 Å². The van der Waals surface area contributed by atoms with Gasteiger partial charge in [0.15, 0.2) is 11.2 Å². The summed E-state index contributed by atoms with van der Waals surface area (Å²) in [5.74, 6) is -4.19. The van der Waals surface area contributed by atoms with Crippen LogP contribution in [-0.4, -0.2) is 29.3 Å². The lowest BCUT2D eigenvalue weighted by atomic mass is 9.72. The van der Waals surface area contributed by atoms with Gasteiger partial charge in [0.05, 0.1) is 15.6 Å². The van der Waals surface area contributed by atoms with Crippen molar-refractivity contribution in [3.8, 4) is 0 Å². The Morgan fingerprint density at radius 3 is 2.00 bits per heavy atom. The predicted octanol–water partition coefficient (Wildman–Crippen LogP) is 6.75. The van der Waals surface area contributed by atoms with E-state index in [0.717, 1.165) is 24.3 Å². The zero-order chi connectivity index (χ0) is 25.4. The number of ether oxygens (including phenoxy) is 1. The fourth-order valence-corrected chi connectivity index (χ4v) is 3.62. The van der Waals surface area contributed by atoms with Gasteiger partial charge in [-0.05, 0) is 57.5 Å². The predicted molar refractivity (Wildman–Crippen MR) is 115 cm³/mol. The highest BCUT2D eigenvalue weighted by molar-refractivity contribution is 6.34. The van der Waals surface area contributed by atoms with Crippen molar-refractivity contribution in [2.45, 2.75) is 51.3 Å². The van der Waals surface area contributed by atoms with Crippen LogP contribution in [0.3, 0.4) is 0 Å². The van der Waals surface area contributed by atoms with Crippen LogP contribution in [0.1, 0.15) is 60.4 Å². The Labute approximate surface area is 197 Å². The molecule has 0 radical (unpaired) electrons. The molecule has 10 heteroatoms. The van der Waals surface area contributed by atoms with E-state index in [4.69, 9.17) is 27.9 Å². The monoisotopic (exact) mass is 506 g/mol. The smallest absolute Gasteiger partial charge is 0.405 e. The van der Waals surface area contributed by atoms with E-state index in [1.807, 2.05) is 0 Å². The van der Waals surface area contributed by atoms with Crippen LogP contribution in [-0.2, 0) is 14.9 Å². The largest absolute Gasteiger partial charge is 0.456 e. The fourth-order valence-electron chi connectivity index (χ4n) is 3.18. The van der Waals surface area contributed by atoms with Crippen LogP contribution in [0.5, 0.6) is 0 Å². The lowest BCUT2D eigenvalue weighted by molar-refractivity contribution is -0.192. The van der Waals surface area contributed by atoms with Gasteiger partial charge < -0.3 is 4.74 Å². The highest BCUT2D eigenvalue weighted by Crippen LogP contribution is 2.46. The minimum Gasteiger partial charge on any atom is -0.456 e. The summed E-state index contributed by atoms with van der Waals surface area (Å²) in [7, 11) is 0. The average molecular weight is 507 g/mol. The van der Waals surface area contributed by atoms with E-state index in [2.05, 4.69) is 0 Å². The summed E-state index contributed by atoms with van der Waals surface area (Å²) in [5, 5.41) is -0.833. The maximum Gasteiger partial charge on any atom is 0.405 e. The van der Waals surface area contributed by atoms with E-state index >= 15 is 0 Å². The maximum atomic E-state index is 14.2. The number of hydrogen-bond donors (Lipinski definition) is 0. The summed E-state index contributed by atoms with van der Waals surface area (Å²) in [6.45, 7) is 5.60. The highest BCUT2D eigenvalue weighted by Gasteiger charge is 2.60. The van der Waals surface area contributed by atoms with Crippen molar-refractivity contribution in [3.05, 3.63) is 69.0 Å². The number of halogens is 6. The van der Waals surface area contributed by atoms with Crippen molar-refractivity contribution < 1.29 is 36.7 Å². The van der Waals surface area contributed by atoms with Gasteiger partial charge in [-0.1, -0.05) is 35.3 Å². The molecule has 2 aromatic rings. The number of benzene rings is 2. The van der Waals surface area contributed by atoms with Crippen LogP contribution in [0, 0.1) is 5.82 Å². The molecule has 1 atom stereocenters. The number of rotatable bonds is 6. The normalized spacial score (nSPS) is 13.9. The molecule has 0 N–H and O–H groups in total. The number of esters is 1. The van der Waals surface area contributed by atoms with Crippen molar-refractivity contribution in [3.63, 3.8) is 0 Å². The maximum absolute atomic E-state index is 14.2. The lowest BCUT2D eigenvalue weighted by Gasteiger charge is -2.33. The molecule has 0 saturated heterocycles. The molecule has 0 heterocycles. The Balaban J connectivity index is 2.51. The molecule has 0 saturated carbocycles. The second kappa shape index (κ2) is 9.43. The van der Waals surface area contributed by atoms with Crippen LogP contribution < -0.4 is 0 Å². The number of Topliss-reactive ketones (excluding diaryl/α,β-unsaturated/α-hetero) is 2. The van der Waals surface area contributed by atoms with Gasteiger partial charge in [-0.15, -0.1) is 0 Å². The molecule has 0 fully saturated rings. The first-order chi connectivity index (χ1) is 15.0. The quantitative estimate of drug-likeness (QED) is 0.247. The fraction of sp³-hybridized carbons (Fsp3) is 0.348. The van der Waals surface area contributed by atoms with Crippen molar-refractivity contribution >= 4 is 40.7 Å². The van der Waals surface area contributed by atoms with Crippen LogP contribution >= 0.6 is 23.2 Å². The Kier molecular flexibility index (Phi) is 7.65. The summed E-state index contributed by atoms with van der Waals surface area (Å²) in [6.07, 6.45) is -6.51. The van der Waals surface area contributed by atoms with Gasteiger partial charge >= 0.3 is 12.1 Å². The summed E-state index contributed by atoms with van der Waals surface area (Å²) in [6, 6.07) is 5.44. The molecular formula is C23H20Cl2F4O4. The first-order valence-corrected chi connectivity index (χ1v) is 10.3. The van der Waals surface area contributed by atoms with Crippen molar-refractivity contribution in [2.75, 3.05) is 0 Å². The third kappa shape index (κ3) is 5.73. The zero-order valence-corrected chi connectivity index (χ0v) is 19.6. The topological polar surface area (TPSA) is 60.4 Å². The van der Waals surface area contributed by atoms with E-state index in [1.165, 1.54) is 0 Å². The molecule has 33 heavy (non-hydrogen) atoms. The van der Waals surface area contributed by atoms with Crippen LogP contribution in [0.4, 0.5) is 17.6 Å². The molecule has 0 spiro atoms. The molecule has 0 aliphatic heterocycles. The van der Waals surface area contributed by atoms with Gasteiger partial charge in [0.1, 0.15) is 17.2 Å². The van der Waals surface area contributed by atoms with Crippen molar-refractivity contribution in [1.29, 1.82) is 0 Å². The summed E-state index contributed by atoms with van der Waals surface area (Å²) in [5.41, 5.74) is -5.09. The first kappa shape index (κ1) is 26.8. The van der Waals surface area contributed by atoms with Gasteiger partial charge in [-0.25, -0.2) is 9.18 Å². The van der Waals surface area contributed by atoms with E-state index in [9.17, 15) is 31.9 Å². The SMILES string of the molecule is CC(=O)C(CC(=O)c1ccc(C(=O)OC(C)(C)C)c(Cl)c1)(c1ccc(F)c(Cl)c1)C(F)(F)F. The third-order valence-electron chi connectivity index (χ3n) is 4.83. The molecule has 0 aliphatic carbocycles. The minimum absolute atomic E-state index is 0.0814. The Morgan fingerprint density at radius 1 is 0.939 bits per heavy atom. The van der Waals surface area contributed by atoms with Gasteiger partial charge in [0.25, 0.3) is 0 Å². The molecule has 0 bridgehead atoms. The number of carbonyl (C=O) groups is 3. The highest BCUT2D eigenvalue weighted by atomic mass is 35.5. The number of ketones is 2. The Bertz CT molecular complexity index is 1110. The summed E-state index contributed by atoms with van der Waals surface area (Å²) >= 11 is 11.7. The van der Waals surface area contributed by atoms with Gasteiger partial charge in [-0.2, -0.15) is 13.2 Å². The first-order valence-electron chi connectivity index (χ1n) is 9.59. The molecule has 2 aromatic carbocycles. The number of hydrogen-bond acceptors (Lipinski definition) is 4. The molecule has 1 unspecified atom stereocenters. The Hall–Kier alpha value is -2.45. The standard InChI is InChI=1S/C23H20Cl2F4O4/c1-12(30)22(23(27,28)29,14-6-8-18(26)17(25)10-14)11-19(31)13-5-7-15(16(24)9-13)20(32)33-21(2,3)4/h5-10H,11H2,1-4H3. The van der Waals surface area contributed by atoms with Crippen LogP contribution in [0.2, 0.25) is 10.0 Å². The van der Waals surface area contributed by atoms with Gasteiger partial charge in [0.2, 0.25) is 0 Å².